The highest BCUT2D eigenvalue weighted by Crippen LogP contribution is 2.52. The van der Waals surface area contributed by atoms with Crippen molar-refractivity contribution in [2.75, 3.05) is 4.90 Å². The van der Waals surface area contributed by atoms with E-state index in [9.17, 15) is 10.1 Å². The summed E-state index contributed by atoms with van der Waals surface area (Å²) in [4.78, 5) is 15.3. The van der Waals surface area contributed by atoms with Gasteiger partial charge in [0.05, 0.1) is 17.6 Å². The van der Waals surface area contributed by atoms with Crippen LogP contribution < -0.4 is 10.6 Å². The molecule has 10 heteroatoms. The van der Waals surface area contributed by atoms with Crippen molar-refractivity contribution in [2.24, 2.45) is 11.1 Å². The number of ketones is 1. The Morgan fingerprint density at radius 1 is 1.25 bits per heavy atom. The molecule has 1 aliphatic heterocycles. The fraction of sp³-hybridized carbons (Fsp3) is 0.462. The van der Waals surface area contributed by atoms with Crippen LogP contribution in [0.4, 0.5) is 9.52 Å². The molecule has 1 aromatic carbocycles. The zero-order valence-corrected chi connectivity index (χ0v) is 22.6. The second kappa shape index (κ2) is 9.81. The van der Waals surface area contributed by atoms with Crippen molar-refractivity contribution in [3.8, 4) is 6.07 Å². The number of carbonyl (C=O) groups excluding carboxylic acids is 1. The maximum absolute atomic E-state index is 15.1. The lowest BCUT2D eigenvalue weighted by molar-refractivity contribution is -0.118. The molecule has 1 atom stereocenters. The van der Waals surface area contributed by atoms with Crippen LogP contribution in [0.3, 0.4) is 0 Å². The minimum atomic E-state index is -0.970. The van der Waals surface area contributed by atoms with Crippen molar-refractivity contribution in [3.05, 3.63) is 57.3 Å². The van der Waals surface area contributed by atoms with Crippen LogP contribution in [0.15, 0.2) is 45.2 Å². The van der Waals surface area contributed by atoms with Crippen molar-refractivity contribution in [2.45, 2.75) is 74.3 Å². The molecule has 6 nitrogen and oxygen atoms in total. The molecule has 2 aromatic rings. The maximum atomic E-state index is 15.1. The number of thioether (sulfide) groups is 1. The van der Waals surface area contributed by atoms with Crippen LogP contribution in [0.2, 0.25) is 5.02 Å². The fourth-order valence-electron chi connectivity index (χ4n) is 5.47. The summed E-state index contributed by atoms with van der Waals surface area (Å²) in [6.45, 7) is 4.03. The van der Waals surface area contributed by atoms with Gasteiger partial charge >= 0.3 is 0 Å². The Bertz CT molecular complexity index is 1300. The number of nitrogens with two attached hydrogens (primary N) is 1. The molecule has 1 fully saturated rings. The number of allylic oxidation sites excluding steroid dienone is 3. The van der Waals surface area contributed by atoms with Gasteiger partial charge in [-0.05, 0) is 36.8 Å². The molecule has 5 rings (SSSR count). The molecule has 36 heavy (non-hydrogen) atoms. The quantitative estimate of drug-likeness (QED) is 0.458. The molecule has 0 radical (unpaired) electrons. The second-order valence-electron chi connectivity index (χ2n) is 10.3. The Morgan fingerprint density at radius 3 is 2.69 bits per heavy atom. The third-order valence-corrected chi connectivity index (χ3v) is 9.74. The Kier molecular flexibility index (Phi) is 6.88. The van der Waals surface area contributed by atoms with E-state index in [4.69, 9.17) is 17.3 Å². The number of rotatable bonds is 4. The predicted octanol–water partition coefficient (Wildman–Crippen LogP) is 6.70. The first-order valence-corrected chi connectivity index (χ1v) is 14.2. The average molecular weight is 544 g/mol. The van der Waals surface area contributed by atoms with Gasteiger partial charge in [-0.25, -0.2) is 4.39 Å². The van der Waals surface area contributed by atoms with E-state index >= 15 is 4.39 Å². The molecule has 2 heterocycles. The molecule has 1 aromatic heterocycles. The predicted molar refractivity (Wildman–Crippen MR) is 141 cm³/mol. The highest BCUT2D eigenvalue weighted by molar-refractivity contribution is 8.01. The van der Waals surface area contributed by atoms with Gasteiger partial charge in [-0.15, -0.1) is 10.2 Å². The van der Waals surface area contributed by atoms with E-state index < -0.39 is 11.7 Å². The first-order valence-electron chi connectivity index (χ1n) is 12.1. The number of hydrogen-bond acceptors (Lipinski definition) is 8. The summed E-state index contributed by atoms with van der Waals surface area (Å²) >= 11 is 9.58. The van der Waals surface area contributed by atoms with Gasteiger partial charge in [-0.3, -0.25) is 9.69 Å². The van der Waals surface area contributed by atoms with Gasteiger partial charge in [0, 0.05) is 33.5 Å². The highest BCUT2D eigenvalue weighted by atomic mass is 35.5. The topological polar surface area (TPSA) is 95.9 Å². The number of nitriles is 1. The smallest absolute Gasteiger partial charge is 0.219 e. The summed E-state index contributed by atoms with van der Waals surface area (Å²) < 4.78 is 16.0. The van der Waals surface area contributed by atoms with Crippen molar-refractivity contribution < 1.29 is 9.18 Å². The van der Waals surface area contributed by atoms with E-state index in [1.807, 2.05) is 13.8 Å². The normalized spacial score (nSPS) is 22.6. The van der Waals surface area contributed by atoms with E-state index in [2.05, 4.69) is 16.3 Å². The van der Waals surface area contributed by atoms with Crippen molar-refractivity contribution in [1.82, 2.24) is 10.2 Å². The largest absolute Gasteiger partial charge is 0.384 e. The summed E-state index contributed by atoms with van der Waals surface area (Å²) in [5.41, 5.74) is 7.49. The Balaban J connectivity index is 1.64. The summed E-state index contributed by atoms with van der Waals surface area (Å²) in [5.74, 6) is -1.55. The third-order valence-electron chi connectivity index (χ3n) is 7.08. The van der Waals surface area contributed by atoms with E-state index in [1.54, 1.807) is 22.7 Å². The number of aromatic nitrogens is 2. The second-order valence-corrected chi connectivity index (χ2v) is 13.3. The fourth-order valence-corrected chi connectivity index (χ4v) is 8.13. The number of anilines is 1. The molecule has 0 amide bonds. The third kappa shape index (κ3) is 4.55. The number of benzene rings is 1. The van der Waals surface area contributed by atoms with E-state index in [0.29, 0.717) is 28.1 Å². The summed E-state index contributed by atoms with van der Waals surface area (Å²) in [6.07, 6.45) is 6.84. The minimum absolute atomic E-state index is 0.0884. The molecular formula is C26H27ClFN5OS2. The molecule has 0 saturated heterocycles. The van der Waals surface area contributed by atoms with Crippen LogP contribution in [0, 0.1) is 22.6 Å². The van der Waals surface area contributed by atoms with Crippen molar-refractivity contribution >= 4 is 45.6 Å². The average Bonchev–Trinajstić information content (AvgIpc) is 3.26. The van der Waals surface area contributed by atoms with E-state index in [-0.39, 0.29) is 39.6 Å². The van der Waals surface area contributed by atoms with E-state index in [1.165, 1.54) is 42.7 Å². The molecule has 1 unspecified atom stereocenters. The summed E-state index contributed by atoms with van der Waals surface area (Å²) in [5, 5.41) is 20.2. The standard InChI is InChI=1S/C26H27ClFN5OS2/c1-26(2)11-18-22(19(34)12-26)20(21-16(27)9-6-10-17(21)28)15(13-29)23(30)33(18)24-31-32-25(36-24)35-14-7-4-3-5-8-14/h6,9-10,14,20H,3-5,7-8,11-12,30H2,1-2H3. The van der Waals surface area contributed by atoms with Crippen LogP contribution >= 0.6 is 34.7 Å². The molecule has 2 N–H and O–H groups in total. The van der Waals surface area contributed by atoms with Crippen LogP contribution in [0.1, 0.15) is 70.3 Å². The van der Waals surface area contributed by atoms with Gasteiger partial charge in [-0.1, -0.05) is 73.9 Å². The zero-order valence-electron chi connectivity index (χ0n) is 20.2. The molecule has 0 spiro atoms. The van der Waals surface area contributed by atoms with Gasteiger partial charge in [0.2, 0.25) is 5.13 Å². The number of hydrogen-bond donors (Lipinski definition) is 1. The number of halogens is 2. The molecular weight excluding hydrogens is 517 g/mol. The van der Waals surface area contributed by atoms with Gasteiger partial charge in [0.15, 0.2) is 10.1 Å². The van der Waals surface area contributed by atoms with Gasteiger partial charge in [-0.2, -0.15) is 5.26 Å². The Labute approximate surface area is 223 Å². The first kappa shape index (κ1) is 25.2. The summed E-state index contributed by atoms with van der Waals surface area (Å²) in [6, 6.07) is 6.51. The summed E-state index contributed by atoms with van der Waals surface area (Å²) in [7, 11) is 0. The Morgan fingerprint density at radius 2 is 2.00 bits per heavy atom. The van der Waals surface area contributed by atoms with Crippen molar-refractivity contribution in [1.29, 1.82) is 5.26 Å². The molecule has 1 saturated carbocycles. The SMILES string of the molecule is CC1(C)CC(=O)C2=C(C1)N(c1nnc(SC3CCCCC3)s1)C(N)=C(C#N)C2c1c(F)cccc1Cl. The lowest BCUT2D eigenvalue weighted by atomic mass is 9.68. The molecule has 188 valence electrons. The van der Waals surface area contributed by atoms with Crippen LogP contribution in [0.5, 0.6) is 0 Å². The van der Waals surface area contributed by atoms with Crippen LogP contribution in [-0.4, -0.2) is 21.2 Å². The molecule has 2 aliphatic carbocycles. The lowest BCUT2D eigenvalue weighted by Gasteiger charge is -2.42. The Hall–Kier alpha value is -2.41. The lowest BCUT2D eigenvalue weighted by Crippen LogP contribution is -2.42. The molecule has 3 aliphatic rings. The van der Waals surface area contributed by atoms with Gasteiger partial charge < -0.3 is 5.73 Å². The van der Waals surface area contributed by atoms with E-state index in [0.717, 1.165) is 17.2 Å². The highest BCUT2D eigenvalue weighted by Gasteiger charge is 2.46. The first-order chi connectivity index (χ1) is 17.2. The zero-order chi connectivity index (χ0) is 25.6. The van der Waals surface area contributed by atoms with Crippen LogP contribution in [0.25, 0.3) is 0 Å². The van der Waals surface area contributed by atoms with Crippen molar-refractivity contribution in [3.63, 3.8) is 0 Å². The number of nitrogens with zero attached hydrogens (tertiary/aromatic N) is 4. The van der Waals surface area contributed by atoms with Crippen LogP contribution in [-0.2, 0) is 4.79 Å². The number of carbonyl (C=O) groups is 1. The maximum Gasteiger partial charge on any atom is 0.219 e. The molecule has 0 bridgehead atoms. The minimum Gasteiger partial charge on any atom is -0.384 e. The number of Topliss-reactive ketones (excluding diaryl/α,β-unsaturated/α-hetero) is 1. The monoisotopic (exact) mass is 543 g/mol. The van der Waals surface area contributed by atoms with Gasteiger partial charge in [0.25, 0.3) is 0 Å². The van der Waals surface area contributed by atoms with Gasteiger partial charge in [0.1, 0.15) is 11.6 Å².